The summed E-state index contributed by atoms with van der Waals surface area (Å²) in [6.07, 6.45) is 5.36. The minimum atomic E-state index is -0.143. The van der Waals surface area contributed by atoms with E-state index in [1.165, 1.54) is 5.56 Å². The topological polar surface area (TPSA) is 55.6 Å². The van der Waals surface area contributed by atoms with Crippen LogP contribution >= 0.6 is 0 Å². The predicted molar refractivity (Wildman–Crippen MR) is 106 cm³/mol. The van der Waals surface area contributed by atoms with Crippen molar-refractivity contribution in [1.82, 2.24) is 9.88 Å². The first kappa shape index (κ1) is 18.3. The third-order valence-electron chi connectivity index (χ3n) is 5.18. The Morgan fingerprint density at radius 1 is 1.14 bits per heavy atom. The van der Waals surface area contributed by atoms with E-state index in [0.717, 1.165) is 25.0 Å². The Morgan fingerprint density at radius 2 is 1.93 bits per heavy atom. The Labute approximate surface area is 165 Å². The Hall–Kier alpha value is -3.08. The summed E-state index contributed by atoms with van der Waals surface area (Å²) >= 11 is 0. The summed E-state index contributed by atoms with van der Waals surface area (Å²) in [5.41, 5.74) is 1.75. The summed E-state index contributed by atoms with van der Waals surface area (Å²) in [6, 6.07) is 17.4. The Bertz CT molecular complexity index is 936. The predicted octanol–water partition coefficient (Wildman–Crippen LogP) is 4.64. The highest BCUT2D eigenvalue weighted by Crippen LogP contribution is 2.33. The van der Waals surface area contributed by atoms with Crippen LogP contribution in [-0.2, 0) is 6.42 Å². The Morgan fingerprint density at radius 3 is 2.75 bits per heavy atom. The van der Waals surface area contributed by atoms with Gasteiger partial charge in [0.05, 0.1) is 18.9 Å². The number of piperidine rings is 1. The molecule has 0 aliphatic carbocycles. The number of para-hydroxylation sites is 1. The largest absolute Gasteiger partial charge is 0.496 e. The standard InChI is InChI=1S/C23H24N2O3/c1-27-21-13-6-5-11-19(21)23(26)25-14-8-7-12-20(25)22-24-16-18(28-22)15-17-9-3-2-4-10-17/h2-6,9-11,13,16,20H,7-8,12,14-15H2,1H3/t20-/m0/s1. The van der Waals surface area contributed by atoms with E-state index in [9.17, 15) is 4.79 Å². The molecule has 0 radical (unpaired) electrons. The zero-order valence-electron chi connectivity index (χ0n) is 16.0. The highest BCUT2D eigenvalue weighted by atomic mass is 16.5. The van der Waals surface area contributed by atoms with E-state index in [0.29, 0.717) is 30.2 Å². The van der Waals surface area contributed by atoms with E-state index in [4.69, 9.17) is 9.15 Å². The van der Waals surface area contributed by atoms with Crippen molar-refractivity contribution >= 4 is 5.91 Å². The van der Waals surface area contributed by atoms with E-state index in [2.05, 4.69) is 17.1 Å². The van der Waals surface area contributed by atoms with Crippen LogP contribution in [0.1, 0.15) is 52.9 Å². The first-order chi connectivity index (χ1) is 13.8. The number of carbonyl (C=O) groups excluding carboxylic acids is 1. The fourth-order valence-corrected chi connectivity index (χ4v) is 3.76. The van der Waals surface area contributed by atoms with Crippen molar-refractivity contribution in [3.63, 3.8) is 0 Å². The molecule has 1 saturated heterocycles. The van der Waals surface area contributed by atoms with Crippen LogP contribution in [-0.4, -0.2) is 29.4 Å². The quantitative estimate of drug-likeness (QED) is 0.651. The lowest BCUT2D eigenvalue weighted by Crippen LogP contribution is -2.38. The molecule has 0 saturated carbocycles. The molecule has 2 aromatic carbocycles. The van der Waals surface area contributed by atoms with Crippen molar-refractivity contribution in [2.45, 2.75) is 31.7 Å². The molecule has 144 valence electrons. The van der Waals surface area contributed by atoms with Gasteiger partial charge < -0.3 is 14.1 Å². The van der Waals surface area contributed by atoms with Crippen molar-refractivity contribution in [2.75, 3.05) is 13.7 Å². The van der Waals surface area contributed by atoms with Crippen molar-refractivity contribution < 1.29 is 13.9 Å². The smallest absolute Gasteiger partial charge is 0.258 e. The molecule has 0 spiro atoms. The first-order valence-electron chi connectivity index (χ1n) is 9.69. The van der Waals surface area contributed by atoms with E-state index in [1.807, 2.05) is 47.4 Å². The van der Waals surface area contributed by atoms with Crippen LogP contribution in [0.15, 0.2) is 65.2 Å². The van der Waals surface area contributed by atoms with Crippen LogP contribution in [0, 0.1) is 0 Å². The van der Waals surface area contributed by atoms with E-state index >= 15 is 0 Å². The number of amides is 1. The third kappa shape index (κ3) is 3.79. The van der Waals surface area contributed by atoms with Crippen LogP contribution in [0.3, 0.4) is 0 Å². The second-order valence-corrected chi connectivity index (χ2v) is 7.04. The molecule has 2 heterocycles. The van der Waals surface area contributed by atoms with Gasteiger partial charge in [0.2, 0.25) is 5.89 Å². The number of hydrogen-bond donors (Lipinski definition) is 0. The molecular weight excluding hydrogens is 352 g/mol. The molecule has 28 heavy (non-hydrogen) atoms. The van der Waals surface area contributed by atoms with Crippen LogP contribution in [0.2, 0.25) is 0 Å². The van der Waals surface area contributed by atoms with Gasteiger partial charge in [0, 0.05) is 13.0 Å². The lowest BCUT2D eigenvalue weighted by molar-refractivity contribution is 0.0566. The number of nitrogens with zero attached hydrogens (tertiary/aromatic N) is 2. The lowest BCUT2D eigenvalue weighted by atomic mass is 10.0. The fraction of sp³-hybridized carbons (Fsp3) is 0.304. The average Bonchev–Trinajstić information content (AvgIpc) is 3.22. The first-order valence-corrected chi connectivity index (χ1v) is 9.69. The molecule has 1 aliphatic rings. The van der Waals surface area contributed by atoms with Gasteiger partial charge in [-0.1, -0.05) is 42.5 Å². The second-order valence-electron chi connectivity index (χ2n) is 7.04. The molecule has 1 amide bonds. The summed E-state index contributed by atoms with van der Waals surface area (Å²) in [7, 11) is 1.59. The maximum atomic E-state index is 13.2. The summed E-state index contributed by atoms with van der Waals surface area (Å²) in [6.45, 7) is 0.692. The Balaban J connectivity index is 1.57. The molecule has 1 aromatic heterocycles. The van der Waals surface area contributed by atoms with Crippen LogP contribution < -0.4 is 4.74 Å². The van der Waals surface area contributed by atoms with Crippen molar-refractivity contribution in [1.29, 1.82) is 0 Å². The molecule has 0 N–H and O–H groups in total. The Kier molecular flexibility index (Phi) is 5.42. The van der Waals surface area contributed by atoms with Gasteiger partial charge in [0.1, 0.15) is 17.6 Å². The van der Waals surface area contributed by atoms with Gasteiger partial charge >= 0.3 is 0 Å². The second kappa shape index (κ2) is 8.30. The molecule has 1 atom stereocenters. The average molecular weight is 376 g/mol. The van der Waals surface area contributed by atoms with Gasteiger partial charge in [0.15, 0.2) is 0 Å². The van der Waals surface area contributed by atoms with E-state index < -0.39 is 0 Å². The highest BCUT2D eigenvalue weighted by Gasteiger charge is 2.33. The van der Waals surface area contributed by atoms with Crippen molar-refractivity contribution in [2.24, 2.45) is 0 Å². The number of carbonyl (C=O) groups is 1. The van der Waals surface area contributed by atoms with Gasteiger partial charge in [-0.2, -0.15) is 0 Å². The van der Waals surface area contributed by atoms with Gasteiger partial charge in [-0.15, -0.1) is 0 Å². The zero-order valence-corrected chi connectivity index (χ0v) is 16.0. The van der Waals surface area contributed by atoms with Crippen LogP contribution in [0.4, 0.5) is 0 Å². The maximum Gasteiger partial charge on any atom is 0.258 e. The molecule has 1 aliphatic heterocycles. The van der Waals surface area contributed by atoms with Crippen LogP contribution in [0.25, 0.3) is 0 Å². The molecular formula is C23H24N2O3. The number of hydrogen-bond acceptors (Lipinski definition) is 4. The number of likely N-dealkylation sites (tertiary alicyclic amines) is 1. The summed E-state index contributed by atoms with van der Waals surface area (Å²) in [5, 5.41) is 0. The van der Waals surface area contributed by atoms with Gasteiger partial charge in [0.25, 0.3) is 5.91 Å². The minimum absolute atomic E-state index is 0.0371. The van der Waals surface area contributed by atoms with Gasteiger partial charge in [-0.3, -0.25) is 4.79 Å². The third-order valence-corrected chi connectivity index (χ3v) is 5.18. The molecule has 1 fully saturated rings. The fourth-order valence-electron chi connectivity index (χ4n) is 3.76. The molecule has 5 heteroatoms. The minimum Gasteiger partial charge on any atom is -0.496 e. The van der Waals surface area contributed by atoms with Gasteiger partial charge in [-0.25, -0.2) is 4.98 Å². The molecule has 4 rings (SSSR count). The zero-order chi connectivity index (χ0) is 19.3. The molecule has 3 aromatic rings. The number of rotatable bonds is 5. The summed E-state index contributed by atoms with van der Waals surface area (Å²) in [5.74, 6) is 1.99. The van der Waals surface area contributed by atoms with Crippen molar-refractivity contribution in [3.8, 4) is 5.75 Å². The summed E-state index contributed by atoms with van der Waals surface area (Å²) < 4.78 is 11.4. The van der Waals surface area contributed by atoms with E-state index in [1.54, 1.807) is 13.3 Å². The lowest BCUT2D eigenvalue weighted by Gasteiger charge is -2.34. The number of oxazole rings is 1. The maximum absolute atomic E-state index is 13.2. The highest BCUT2D eigenvalue weighted by molar-refractivity contribution is 5.97. The van der Waals surface area contributed by atoms with Crippen molar-refractivity contribution in [3.05, 3.63) is 83.6 Å². The number of ether oxygens (including phenoxy) is 1. The number of methoxy groups -OCH3 is 1. The number of benzene rings is 2. The monoisotopic (exact) mass is 376 g/mol. The SMILES string of the molecule is COc1ccccc1C(=O)N1CCCC[C@H]1c1ncc(Cc2ccccc2)o1. The van der Waals surface area contributed by atoms with Crippen LogP contribution in [0.5, 0.6) is 5.75 Å². The molecule has 5 nitrogen and oxygen atoms in total. The number of aromatic nitrogens is 1. The normalized spacial score (nSPS) is 16.8. The molecule has 0 bridgehead atoms. The summed E-state index contributed by atoms with van der Waals surface area (Å²) in [4.78, 5) is 19.6. The van der Waals surface area contributed by atoms with Gasteiger partial charge in [-0.05, 0) is 37.0 Å². The van der Waals surface area contributed by atoms with E-state index in [-0.39, 0.29) is 11.9 Å². The molecule has 0 unspecified atom stereocenters.